The molecular formula is C24H19ClFN5O4. The van der Waals surface area contributed by atoms with Gasteiger partial charge in [-0.15, -0.1) is 0 Å². The first kappa shape index (κ1) is 22.6. The largest absolute Gasteiger partial charge is 0.455 e. The van der Waals surface area contributed by atoms with Crippen molar-refractivity contribution in [2.75, 3.05) is 5.32 Å². The SMILES string of the molecule is Cc1c(-c2ccn(C)c2)oc2c([C@@H](C)Nc3ccc(Cl)nc3-c3noc(=O)[nH]3)cc(F)cc2c1=O. The number of H-pyrrole nitrogens is 1. The Morgan fingerprint density at radius 2 is 2.03 bits per heavy atom. The molecule has 178 valence electrons. The van der Waals surface area contributed by atoms with Crippen molar-refractivity contribution in [2.45, 2.75) is 19.9 Å². The molecule has 4 heterocycles. The number of hydrogen-bond donors (Lipinski definition) is 2. The minimum absolute atomic E-state index is 0.0739. The van der Waals surface area contributed by atoms with E-state index in [0.29, 0.717) is 22.6 Å². The molecule has 35 heavy (non-hydrogen) atoms. The van der Waals surface area contributed by atoms with E-state index in [1.165, 1.54) is 12.1 Å². The van der Waals surface area contributed by atoms with Crippen LogP contribution in [0.1, 0.15) is 24.1 Å². The molecule has 0 saturated carbocycles. The zero-order valence-electron chi connectivity index (χ0n) is 18.8. The van der Waals surface area contributed by atoms with Crippen molar-refractivity contribution >= 4 is 28.3 Å². The van der Waals surface area contributed by atoms with Gasteiger partial charge in [-0.25, -0.2) is 14.2 Å². The van der Waals surface area contributed by atoms with Crippen LogP contribution in [0.25, 0.3) is 33.8 Å². The fraction of sp³-hybridized carbons (Fsp3) is 0.167. The summed E-state index contributed by atoms with van der Waals surface area (Å²) in [5, 5.41) is 7.21. The topological polar surface area (TPSA) is 119 Å². The molecule has 0 radical (unpaired) electrons. The number of aromatic nitrogens is 4. The normalized spacial score (nSPS) is 12.3. The van der Waals surface area contributed by atoms with Crippen molar-refractivity contribution < 1.29 is 13.3 Å². The molecule has 4 aromatic heterocycles. The van der Waals surface area contributed by atoms with E-state index in [4.69, 9.17) is 16.0 Å². The highest BCUT2D eigenvalue weighted by Crippen LogP contribution is 2.33. The molecule has 0 saturated heterocycles. The number of benzene rings is 1. The molecule has 5 aromatic rings. The van der Waals surface area contributed by atoms with E-state index in [9.17, 15) is 14.0 Å². The predicted octanol–water partition coefficient (Wildman–Crippen LogP) is 4.81. The molecule has 9 nitrogen and oxygen atoms in total. The number of rotatable bonds is 5. The van der Waals surface area contributed by atoms with Gasteiger partial charge in [-0.05, 0) is 44.2 Å². The molecule has 0 aliphatic heterocycles. The summed E-state index contributed by atoms with van der Waals surface area (Å²) in [6.45, 7) is 3.43. The molecule has 0 unspecified atom stereocenters. The molecule has 1 atom stereocenters. The molecule has 0 aliphatic carbocycles. The Morgan fingerprint density at radius 3 is 2.71 bits per heavy atom. The second-order valence-corrected chi connectivity index (χ2v) is 8.55. The Hall–Kier alpha value is -4.18. The Kier molecular flexibility index (Phi) is 5.52. The molecule has 1 aromatic carbocycles. The fourth-order valence-electron chi connectivity index (χ4n) is 3.99. The van der Waals surface area contributed by atoms with Crippen molar-refractivity contribution in [1.29, 1.82) is 0 Å². The van der Waals surface area contributed by atoms with Crippen molar-refractivity contribution in [3.63, 3.8) is 0 Å². The van der Waals surface area contributed by atoms with Gasteiger partial charge in [0.15, 0.2) is 5.43 Å². The van der Waals surface area contributed by atoms with Gasteiger partial charge >= 0.3 is 5.76 Å². The number of halogens is 2. The summed E-state index contributed by atoms with van der Waals surface area (Å²) in [6, 6.07) is 6.97. The fourth-order valence-corrected chi connectivity index (χ4v) is 4.14. The van der Waals surface area contributed by atoms with Gasteiger partial charge in [0.2, 0.25) is 5.82 Å². The Bertz CT molecular complexity index is 1700. The highest BCUT2D eigenvalue weighted by Gasteiger charge is 2.22. The summed E-state index contributed by atoms with van der Waals surface area (Å²) in [5.74, 6) is -0.833. The Balaban J connectivity index is 1.64. The quantitative estimate of drug-likeness (QED) is 0.336. The summed E-state index contributed by atoms with van der Waals surface area (Å²) in [7, 11) is 1.87. The number of pyridine rings is 1. The molecule has 0 aliphatic rings. The summed E-state index contributed by atoms with van der Waals surface area (Å²) in [5.41, 5.74) is 2.17. The third kappa shape index (κ3) is 4.12. The number of nitrogens with one attached hydrogen (secondary N) is 2. The zero-order valence-corrected chi connectivity index (χ0v) is 19.6. The van der Waals surface area contributed by atoms with Crippen molar-refractivity contribution in [3.05, 3.63) is 85.6 Å². The van der Waals surface area contributed by atoms with E-state index in [-0.39, 0.29) is 33.1 Å². The number of hydrogen-bond acceptors (Lipinski definition) is 7. The summed E-state index contributed by atoms with van der Waals surface area (Å²) in [6.07, 6.45) is 3.68. The minimum Gasteiger partial charge on any atom is -0.455 e. The highest BCUT2D eigenvalue weighted by atomic mass is 35.5. The lowest BCUT2D eigenvalue weighted by atomic mass is 10.0. The summed E-state index contributed by atoms with van der Waals surface area (Å²) in [4.78, 5) is 31.3. The van der Waals surface area contributed by atoms with Crippen LogP contribution in [0.2, 0.25) is 5.15 Å². The van der Waals surface area contributed by atoms with Crippen LogP contribution < -0.4 is 16.5 Å². The second kappa shape index (κ2) is 8.55. The third-order valence-corrected chi connectivity index (χ3v) is 5.88. The van der Waals surface area contributed by atoms with E-state index in [0.717, 1.165) is 5.56 Å². The number of aryl methyl sites for hydroxylation is 1. The zero-order chi connectivity index (χ0) is 24.9. The lowest BCUT2D eigenvalue weighted by molar-refractivity contribution is 0.388. The van der Waals surface area contributed by atoms with Crippen molar-refractivity contribution in [1.82, 2.24) is 19.7 Å². The van der Waals surface area contributed by atoms with E-state index in [1.807, 2.05) is 30.1 Å². The lowest BCUT2D eigenvalue weighted by Crippen LogP contribution is -2.13. The highest BCUT2D eigenvalue weighted by molar-refractivity contribution is 6.29. The van der Waals surface area contributed by atoms with Crippen LogP contribution in [0.15, 0.2) is 61.3 Å². The summed E-state index contributed by atoms with van der Waals surface area (Å²) >= 11 is 6.05. The predicted molar refractivity (Wildman–Crippen MR) is 129 cm³/mol. The molecule has 0 fully saturated rings. The minimum atomic E-state index is -0.748. The van der Waals surface area contributed by atoms with Crippen LogP contribution in [0, 0.1) is 12.7 Å². The summed E-state index contributed by atoms with van der Waals surface area (Å²) < 4.78 is 27.3. The van der Waals surface area contributed by atoms with Crippen molar-refractivity contribution in [3.8, 4) is 22.8 Å². The first-order chi connectivity index (χ1) is 16.7. The molecule has 5 rings (SSSR count). The number of nitrogens with zero attached hydrogens (tertiary/aromatic N) is 3. The van der Waals surface area contributed by atoms with Gasteiger partial charge in [0, 0.05) is 36.1 Å². The monoisotopic (exact) mass is 495 g/mol. The maximum absolute atomic E-state index is 14.6. The molecule has 0 bridgehead atoms. The lowest BCUT2D eigenvalue weighted by Gasteiger charge is -2.19. The van der Waals surface area contributed by atoms with E-state index >= 15 is 0 Å². The van der Waals surface area contributed by atoms with Crippen LogP contribution in [-0.4, -0.2) is 19.7 Å². The van der Waals surface area contributed by atoms with E-state index in [1.54, 1.807) is 26.0 Å². The van der Waals surface area contributed by atoms with E-state index < -0.39 is 17.6 Å². The van der Waals surface area contributed by atoms with Gasteiger partial charge in [0.25, 0.3) is 0 Å². The Morgan fingerprint density at radius 1 is 1.23 bits per heavy atom. The van der Waals surface area contributed by atoms with Gasteiger partial charge in [-0.2, -0.15) is 0 Å². The van der Waals surface area contributed by atoms with Crippen molar-refractivity contribution in [2.24, 2.45) is 7.05 Å². The average Bonchev–Trinajstić information content (AvgIpc) is 3.45. The molecular weight excluding hydrogens is 477 g/mol. The maximum atomic E-state index is 14.6. The maximum Gasteiger partial charge on any atom is 0.439 e. The number of anilines is 1. The number of aromatic amines is 1. The molecule has 11 heteroatoms. The van der Waals surface area contributed by atoms with Gasteiger partial charge in [0.1, 0.15) is 28.0 Å². The smallest absolute Gasteiger partial charge is 0.439 e. The molecule has 0 amide bonds. The van der Waals surface area contributed by atoms with Gasteiger partial charge in [-0.3, -0.25) is 14.3 Å². The molecule has 2 N–H and O–H groups in total. The molecule has 0 spiro atoms. The van der Waals surface area contributed by atoms with Gasteiger partial charge in [0.05, 0.1) is 17.1 Å². The van der Waals surface area contributed by atoms with Gasteiger partial charge in [-0.1, -0.05) is 16.8 Å². The third-order valence-electron chi connectivity index (χ3n) is 5.67. The average molecular weight is 496 g/mol. The standard InChI is InChI=1S/C24H19ClFN5O4/c1-11-20(32)16-9-14(26)8-15(22(16)34-21(11)13-6-7-31(3)10-13)12(2)27-17-4-5-18(25)28-19(17)23-29-24(33)35-30-23/h4-10,12,27H,1-3H3,(H,29,30,33)/t12-/m1/s1. The number of fused-ring (bicyclic) bond motifs is 1. The Labute approximate surface area is 202 Å². The first-order valence-corrected chi connectivity index (χ1v) is 11.0. The van der Waals surface area contributed by atoms with Crippen LogP contribution in [0.5, 0.6) is 0 Å². The first-order valence-electron chi connectivity index (χ1n) is 10.6. The van der Waals surface area contributed by atoms with E-state index in [2.05, 4.69) is 25.0 Å². The van der Waals surface area contributed by atoms with Crippen LogP contribution in [-0.2, 0) is 7.05 Å². The second-order valence-electron chi connectivity index (χ2n) is 8.16. The van der Waals surface area contributed by atoms with Crippen LogP contribution in [0.3, 0.4) is 0 Å². The van der Waals surface area contributed by atoms with Crippen LogP contribution in [0.4, 0.5) is 10.1 Å². The van der Waals surface area contributed by atoms with Crippen LogP contribution >= 0.6 is 11.6 Å². The van der Waals surface area contributed by atoms with Gasteiger partial charge < -0.3 is 14.3 Å².